The van der Waals surface area contributed by atoms with Gasteiger partial charge >= 0.3 is 0 Å². The minimum atomic E-state index is 0.0356. The second-order valence-corrected chi connectivity index (χ2v) is 5.67. The monoisotopic (exact) mass is 321 g/mol. The summed E-state index contributed by atoms with van der Waals surface area (Å²) in [6, 6.07) is 7.83. The smallest absolute Gasteiger partial charge is 0.185 e. The SMILES string of the molecule is O=C1C=CC=CC1=CC=C1C=CN(Cc2ccccc2Cl)C=C1. The van der Waals surface area contributed by atoms with Gasteiger partial charge in [0.05, 0.1) is 0 Å². The Labute approximate surface area is 141 Å². The molecular weight excluding hydrogens is 306 g/mol. The highest BCUT2D eigenvalue weighted by Gasteiger charge is 2.06. The lowest BCUT2D eigenvalue weighted by molar-refractivity contribution is -0.111. The van der Waals surface area contributed by atoms with E-state index in [9.17, 15) is 4.79 Å². The molecule has 2 nitrogen and oxygen atoms in total. The predicted molar refractivity (Wildman–Crippen MR) is 94.7 cm³/mol. The standard InChI is InChI=1S/C20H16ClNO/c21-19-7-3-1-6-18(19)15-22-13-11-16(12-14-22)9-10-17-5-2-4-8-20(17)23/h1-14H,15H2. The van der Waals surface area contributed by atoms with Crippen molar-refractivity contribution in [1.29, 1.82) is 0 Å². The van der Waals surface area contributed by atoms with Crippen LogP contribution in [0.2, 0.25) is 5.02 Å². The molecule has 1 aromatic rings. The predicted octanol–water partition coefficient (Wildman–Crippen LogP) is 4.73. The van der Waals surface area contributed by atoms with Crippen LogP contribution >= 0.6 is 11.6 Å². The van der Waals surface area contributed by atoms with Crippen LogP contribution in [0.1, 0.15) is 5.56 Å². The van der Waals surface area contributed by atoms with E-state index in [1.165, 1.54) is 0 Å². The number of halogens is 1. The lowest BCUT2D eigenvalue weighted by Crippen LogP contribution is -2.11. The molecule has 0 unspecified atom stereocenters. The number of nitrogens with zero attached hydrogens (tertiary/aromatic N) is 1. The second kappa shape index (κ2) is 7.12. The van der Waals surface area contributed by atoms with Gasteiger partial charge in [-0.25, -0.2) is 0 Å². The molecule has 0 aromatic heterocycles. The topological polar surface area (TPSA) is 20.3 Å². The normalized spacial score (nSPS) is 18.1. The maximum Gasteiger partial charge on any atom is 0.185 e. The fourth-order valence-corrected chi connectivity index (χ4v) is 2.51. The third-order valence-electron chi connectivity index (χ3n) is 3.60. The van der Waals surface area contributed by atoms with Crippen molar-refractivity contribution in [1.82, 2.24) is 4.90 Å². The van der Waals surface area contributed by atoms with Crippen molar-refractivity contribution in [2.45, 2.75) is 6.54 Å². The first-order valence-electron chi connectivity index (χ1n) is 7.39. The average Bonchev–Trinajstić information content (AvgIpc) is 2.57. The van der Waals surface area contributed by atoms with Crippen molar-refractivity contribution in [2.24, 2.45) is 0 Å². The van der Waals surface area contributed by atoms with Crippen LogP contribution < -0.4 is 0 Å². The van der Waals surface area contributed by atoms with Crippen molar-refractivity contribution in [3.63, 3.8) is 0 Å². The van der Waals surface area contributed by atoms with E-state index in [0.717, 1.165) is 22.7 Å². The fraction of sp³-hybridized carbons (Fsp3) is 0.0500. The van der Waals surface area contributed by atoms with Crippen molar-refractivity contribution in [3.8, 4) is 0 Å². The molecule has 0 fully saturated rings. The summed E-state index contributed by atoms with van der Waals surface area (Å²) < 4.78 is 0. The summed E-state index contributed by atoms with van der Waals surface area (Å²) in [6.07, 6.45) is 18.8. The molecule has 0 bridgehead atoms. The molecule has 114 valence electrons. The summed E-state index contributed by atoms with van der Waals surface area (Å²) in [5.74, 6) is 0.0356. The molecule has 0 saturated heterocycles. The summed E-state index contributed by atoms with van der Waals surface area (Å²) in [5, 5.41) is 0.774. The summed E-state index contributed by atoms with van der Waals surface area (Å²) in [5.41, 5.74) is 2.83. The minimum Gasteiger partial charge on any atom is -0.350 e. The molecule has 23 heavy (non-hydrogen) atoms. The third kappa shape index (κ3) is 3.99. The van der Waals surface area contributed by atoms with Gasteiger partial charge in [0.15, 0.2) is 5.78 Å². The van der Waals surface area contributed by atoms with Gasteiger partial charge in [-0.15, -0.1) is 0 Å². The van der Waals surface area contributed by atoms with E-state index in [1.807, 2.05) is 73.1 Å². The summed E-state index contributed by atoms with van der Waals surface area (Å²) >= 11 is 6.18. The molecule has 1 aliphatic carbocycles. The Hall–Kier alpha value is -2.58. The van der Waals surface area contributed by atoms with Crippen molar-refractivity contribution < 1.29 is 4.79 Å². The number of carbonyl (C=O) groups excluding carboxylic acids is 1. The van der Waals surface area contributed by atoms with Crippen LogP contribution in [0.3, 0.4) is 0 Å². The van der Waals surface area contributed by atoms with E-state index in [1.54, 1.807) is 12.2 Å². The van der Waals surface area contributed by atoms with Gasteiger partial charge in [0.25, 0.3) is 0 Å². The first kappa shape index (κ1) is 15.3. The van der Waals surface area contributed by atoms with Crippen molar-refractivity contribution in [3.05, 3.63) is 107 Å². The molecule has 1 aromatic carbocycles. The Balaban J connectivity index is 1.66. The van der Waals surface area contributed by atoms with Gasteiger partial charge in [-0.05, 0) is 35.4 Å². The molecule has 3 heteroatoms. The highest BCUT2D eigenvalue weighted by Crippen LogP contribution is 2.19. The largest absolute Gasteiger partial charge is 0.350 e. The van der Waals surface area contributed by atoms with Gasteiger partial charge < -0.3 is 4.90 Å². The number of ketones is 1. The van der Waals surface area contributed by atoms with E-state index in [4.69, 9.17) is 11.6 Å². The van der Waals surface area contributed by atoms with Gasteiger partial charge in [-0.2, -0.15) is 0 Å². The molecule has 1 aliphatic heterocycles. The highest BCUT2D eigenvalue weighted by atomic mass is 35.5. The van der Waals surface area contributed by atoms with E-state index in [0.29, 0.717) is 5.57 Å². The molecular formula is C20H16ClNO. The second-order valence-electron chi connectivity index (χ2n) is 5.27. The minimum absolute atomic E-state index is 0.0356. The van der Waals surface area contributed by atoms with Crippen LogP contribution in [0.25, 0.3) is 0 Å². The summed E-state index contributed by atoms with van der Waals surface area (Å²) in [4.78, 5) is 13.7. The number of carbonyl (C=O) groups is 1. The number of benzene rings is 1. The van der Waals surface area contributed by atoms with Crippen LogP contribution in [0, 0.1) is 0 Å². The van der Waals surface area contributed by atoms with E-state index >= 15 is 0 Å². The third-order valence-corrected chi connectivity index (χ3v) is 3.97. The highest BCUT2D eigenvalue weighted by molar-refractivity contribution is 6.31. The number of hydrogen-bond acceptors (Lipinski definition) is 2. The Morgan fingerprint density at radius 3 is 2.43 bits per heavy atom. The molecule has 0 radical (unpaired) electrons. The molecule has 2 aliphatic rings. The first-order valence-corrected chi connectivity index (χ1v) is 7.77. The molecule has 0 atom stereocenters. The van der Waals surface area contributed by atoms with Crippen LogP contribution in [0.4, 0.5) is 0 Å². The summed E-state index contributed by atoms with van der Waals surface area (Å²) in [7, 11) is 0. The Morgan fingerprint density at radius 1 is 0.957 bits per heavy atom. The molecule has 1 heterocycles. The lowest BCUT2D eigenvalue weighted by atomic mass is 10.0. The van der Waals surface area contributed by atoms with E-state index < -0.39 is 0 Å². The van der Waals surface area contributed by atoms with Crippen LogP contribution in [-0.4, -0.2) is 10.7 Å². The fourth-order valence-electron chi connectivity index (χ4n) is 2.31. The molecule has 0 spiro atoms. The summed E-state index contributed by atoms with van der Waals surface area (Å²) in [6.45, 7) is 0.729. The van der Waals surface area contributed by atoms with Crippen LogP contribution in [0.15, 0.2) is 96.4 Å². The maximum atomic E-state index is 11.7. The number of hydrogen-bond donors (Lipinski definition) is 0. The Kier molecular flexibility index (Phi) is 4.74. The Morgan fingerprint density at radius 2 is 1.70 bits per heavy atom. The van der Waals surface area contributed by atoms with Gasteiger partial charge in [-0.3, -0.25) is 4.79 Å². The zero-order valence-corrected chi connectivity index (χ0v) is 13.3. The van der Waals surface area contributed by atoms with Gasteiger partial charge in [-0.1, -0.05) is 60.2 Å². The van der Waals surface area contributed by atoms with Gasteiger partial charge in [0.2, 0.25) is 0 Å². The van der Waals surface area contributed by atoms with Gasteiger partial charge in [0.1, 0.15) is 0 Å². The maximum absolute atomic E-state index is 11.7. The van der Waals surface area contributed by atoms with Crippen LogP contribution in [-0.2, 0) is 11.3 Å². The van der Waals surface area contributed by atoms with E-state index in [-0.39, 0.29) is 5.78 Å². The molecule has 0 saturated carbocycles. The first-order chi connectivity index (χ1) is 11.2. The lowest BCUT2D eigenvalue weighted by Gasteiger charge is -2.19. The number of allylic oxidation sites excluding steroid dienone is 10. The van der Waals surface area contributed by atoms with Crippen LogP contribution in [0.5, 0.6) is 0 Å². The molecule has 0 N–H and O–H groups in total. The zero-order chi connectivity index (χ0) is 16.1. The quantitative estimate of drug-likeness (QED) is 0.750. The molecule has 0 amide bonds. The Bertz CT molecular complexity index is 778. The zero-order valence-electron chi connectivity index (χ0n) is 12.5. The van der Waals surface area contributed by atoms with E-state index in [2.05, 4.69) is 4.90 Å². The molecule has 3 rings (SSSR count). The number of rotatable bonds is 3. The average molecular weight is 322 g/mol. The van der Waals surface area contributed by atoms with Crippen molar-refractivity contribution in [2.75, 3.05) is 0 Å². The van der Waals surface area contributed by atoms with Gasteiger partial charge in [0, 0.05) is 29.5 Å². The van der Waals surface area contributed by atoms with Crippen molar-refractivity contribution >= 4 is 17.4 Å².